The Bertz CT molecular complexity index is 443. The van der Waals surface area contributed by atoms with Crippen LogP contribution >= 0.6 is 11.6 Å². The van der Waals surface area contributed by atoms with Gasteiger partial charge in [-0.15, -0.1) is 0 Å². The number of halogens is 1. The lowest BCUT2D eigenvalue weighted by molar-refractivity contribution is 0.0995. The number of nitrogens with zero attached hydrogens (tertiary/aromatic N) is 2. The number of aryl methyl sites for hydroxylation is 1. The standard InChI is InChI=1S/C11H15ClN4O/c1-7-6-8(16-4-2-14-3-5-16)10(12)15-9(7)11(13)17/h6,14H,2-5H2,1H3,(H2,13,17). The van der Waals surface area contributed by atoms with E-state index in [1.54, 1.807) is 0 Å². The van der Waals surface area contributed by atoms with E-state index in [1.165, 1.54) is 0 Å². The minimum atomic E-state index is -0.545. The van der Waals surface area contributed by atoms with Crippen molar-refractivity contribution in [3.63, 3.8) is 0 Å². The smallest absolute Gasteiger partial charge is 0.267 e. The van der Waals surface area contributed by atoms with Crippen LogP contribution < -0.4 is 16.0 Å². The van der Waals surface area contributed by atoms with E-state index in [0.29, 0.717) is 5.15 Å². The molecule has 0 aromatic carbocycles. The average molecular weight is 255 g/mol. The topological polar surface area (TPSA) is 71.2 Å². The van der Waals surface area contributed by atoms with Crippen molar-refractivity contribution in [2.75, 3.05) is 31.1 Å². The number of hydrogen-bond donors (Lipinski definition) is 2. The highest BCUT2D eigenvalue weighted by Gasteiger charge is 2.17. The molecule has 0 atom stereocenters. The molecule has 1 fully saturated rings. The number of piperazine rings is 1. The van der Waals surface area contributed by atoms with Crippen molar-refractivity contribution >= 4 is 23.2 Å². The molecule has 0 unspecified atom stereocenters. The molecule has 92 valence electrons. The lowest BCUT2D eigenvalue weighted by Gasteiger charge is -2.30. The number of amides is 1. The van der Waals surface area contributed by atoms with Crippen LogP contribution in [0.1, 0.15) is 16.1 Å². The SMILES string of the molecule is Cc1cc(N2CCNCC2)c(Cl)nc1C(N)=O. The van der Waals surface area contributed by atoms with E-state index in [4.69, 9.17) is 17.3 Å². The van der Waals surface area contributed by atoms with Crippen LogP contribution in [0.5, 0.6) is 0 Å². The first-order valence-electron chi connectivity index (χ1n) is 5.52. The van der Waals surface area contributed by atoms with Crippen molar-refractivity contribution in [2.45, 2.75) is 6.92 Å². The molecule has 0 bridgehead atoms. The van der Waals surface area contributed by atoms with E-state index in [-0.39, 0.29) is 5.69 Å². The molecule has 0 spiro atoms. The fourth-order valence-electron chi connectivity index (χ4n) is 1.95. The summed E-state index contributed by atoms with van der Waals surface area (Å²) < 4.78 is 0. The second-order valence-electron chi connectivity index (χ2n) is 4.07. The Hall–Kier alpha value is -1.33. The number of aromatic nitrogens is 1. The van der Waals surface area contributed by atoms with Crippen molar-refractivity contribution in [3.8, 4) is 0 Å². The Morgan fingerprint density at radius 1 is 1.53 bits per heavy atom. The number of primary amides is 1. The Kier molecular flexibility index (Phi) is 3.49. The monoisotopic (exact) mass is 254 g/mol. The molecule has 1 aromatic rings. The van der Waals surface area contributed by atoms with E-state index in [1.807, 2.05) is 13.0 Å². The number of rotatable bonds is 2. The first-order chi connectivity index (χ1) is 8.09. The van der Waals surface area contributed by atoms with E-state index in [9.17, 15) is 4.79 Å². The van der Waals surface area contributed by atoms with Crippen molar-refractivity contribution in [1.29, 1.82) is 0 Å². The van der Waals surface area contributed by atoms with E-state index >= 15 is 0 Å². The summed E-state index contributed by atoms with van der Waals surface area (Å²) in [6, 6.07) is 1.88. The van der Waals surface area contributed by atoms with Gasteiger partial charge in [0.25, 0.3) is 5.91 Å². The number of carbonyl (C=O) groups excluding carboxylic acids is 1. The molecule has 1 saturated heterocycles. The first kappa shape index (κ1) is 12.1. The molecule has 0 radical (unpaired) electrons. The molecule has 1 aliphatic rings. The van der Waals surface area contributed by atoms with E-state index < -0.39 is 5.91 Å². The average Bonchev–Trinajstić information content (AvgIpc) is 2.32. The third-order valence-corrected chi connectivity index (χ3v) is 3.12. The van der Waals surface area contributed by atoms with Gasteiger partial charge >= 0.3 is 0 Å². The van der Waals surface area contributed by atoms with Crippen molar-refractivity contribution in [2.24, 2.45) is 5.73 Å². The summed E-state index contributed by atoms with van der Waals surface area (Å²) in [7, 11) is 0. The van der Waals surface area contributed by atoms with Crippen LogP contribution in [-0.2, 0) is 0 Å². The van der Waals surface area contributed by atoms with Gasteiger partial charge in [0.2, 0.25) is 0 Å². The maximum atomic E-state index is 11.1. The van der Waals surface area contributed by atoms with Gasteiger partial charge in [0.1, 0.15) is 5.69 Å². The Morgan fingerprint density at radius 2 is 2.18 bits per heavy atom. The predicted molar refractivity (Wildman–Crippen MR) is 67.6 cm³/mol. The summed E-state index contributed by atoms with van der Waals surface area (Å²) in [6.45, 7) is 5.43. The van der Waals surface area contributed by atoms with Gasteiger partial charge in [-0.2, -0.15) is 0 Å². The summed E-state index contributed by atoms with van der Waals surface area (Å²) in [6.07, 6.45) is 0. The first-order valence-corrected chi connectivity index (χ1v) is 5.90. The number of carbonyl (C=O) groups is 1. The van der Waals surface area contributed by atoms with Gasteiger partial charge in [-0.25, -0.2) is 4.98 Å². The summed E-state index contributed by atoms with van der Waals surface area (Å²) in [5.74, 6) is -0.545. The van der Waals surface area contributed by atoms with Crippen LogP contribution in [0.3, 0.4) is 0 Å². The number of nitrogens with two attached hydrogens (primary N) is 1. The molecule has 1 aliphatic heterocycles. The third-order valence-electron chi connectivity index (χ3n) is 2.84. The minimum absolute atomic E-state index is 0.244. The molecule has 0 saturated carbocycles. The fourth-order valence-corrected chi connectivity index (χ4v) is 2.21. The highest BCUT2D eigenvalue weighted by atomic mass is 35.5. The zero-order valence-corrected chi connectivity index (χ0v) is 10.4. The van der Waals surface area contributed by atoms with Crippen LogP contribution in [0, 0.1) is 6.92 Å². The number of nitrogens with one attached hydrogen (secondary N) is 1. The normalized spacial score (nSPS) is 16.0. The van der Waals surface area contributed by atoms with Crippen molar-refractivity contribution < 1.29 is 4.79 Å². The van der Waals surface area contributed by atoms with E-state index in [0.717, 1.165) is 37.4 Å². The quantitative estimate of drug-likeness (QED) is 0.757. The lowest BCUT2D eigenvalue weighted by Crippen LogP contribution is -2.43. The molecule has 2 heterocycles. The van der Waals surface area contributed by atoms with Gasteiger partial charge in [0.15, 0.2) is 5.15 Å². The zero-order chi connectivity index (χ0) is 12.4. The zero-order valence-electron chi connectivity index (χ0n) is 9.66. The Balaban J connectivity index is 2.35. The number of anilines is 1. The van der Waals surface area contributed by atoms with Gasteiger partial charge in [0.05, 0.1) is 5.69 Å². The van der Waals surface area contributed by atoms with Crippen LogP contribution in [0.2, 0.25) is 5.15 Å². The Morgan fingerprint density at radius 3 is 2.76 bits per heavy atom. The van der Waals surface area contributed by atoms with Crippen molar-refractivity contribution in [3.05, 3.63) is 22.5 Å². The molecule has 0 aliphatic carbocycles. The lowest BCUT2D eigenvalue weighted by atomic mass is 10.2. The second kappa shape index (κ2) is 4.89. The largest absolute Gasteiger partial charge is 0.366 e. The maximum Gasteiger partial charge on any atom is 0.267 e. The molecule has 1 amide bonds. The van der Waals surface area contributed by atoms with Crippen LogP contribution in [0.4, 0.5) is 5.69 Å². The van der Waals surface area contributed by atoms with E-state index in [2.05, 4.69) is 15.2 Å². The highest BCUT2D eigenvalue weighted by Crippen LogP contribution is 2.26. The summed E-state index contributed by atoms with van der Waals surface area (Å²) in [4.78, 5) is 17.4. The molecular formula is C11H15ClN4O. The molecule has 6 heteroatoms. The summed E-state index contributed by atoms with van der Waals surface area (Å²) >= 11 is 6.10. The summed E-state index contributed by atoms with van der Waals surface area (Å²) in [5.41, 5.74) is 7.10. The maximum absolute atomic E-state index is 11.1. The third kappa shape index (κ3) is 2.50. The van der Waals surface area contributed by atoms with Gasteiger partial charge in [-0.1, -0.05) is 11.6 Å². The van der Waals surface area contributed by atoms with Crippen LogP contribution in [0.25, 0.3) is 0 Å². The fraction of sp³-hybridized carbons (Fsp3) is 0.455. The van der Waals surface area contributed by atoms with Gasteiger partial charge in [-0.05, 0) is 18.6 Å². The second-order valence-corrected chi connectivity index (χ2v) is 4.42. The Labute approximate surface area is 105 Å². The van der Waals surface area contributed by atoms with Crippen LogP contribution in [-0.4, -0.2) is 37.1 Å². The molecular weight excluding hydrogens is 240 g/mol. The predicted octanol–water partition coefficient (Wildman–Crippen LogP) is 0.552. The van der Waals surface area contributed by atoms with Crippen molar-refractivity contribution in [1.82, 2.24) is 10.3 Å². The number of pyridine rings is 1. The van der Waals surface area contributed by atoms with Gasteiger partial charge in [0, 0.05) is 26.2 Å². The summed E-state index contributed by atoms with van der Waals surface area (Å²) in [5, 5.41) is 3.61. The molecule has 3 N–H and O–H groups in total. The van der Waals surface area contributed by atoms with Crippen LogP contribution in [0.15, 0.2) is 6.07 Å². The molecule has 17 heavy (non-hydrogen) atoms. The van der Waals surface area contributed by atoms with Gasteiger partial charge in [-0.3, -0.25) is 4.79 Å². The molecule has 2 rings (SSSR count). The highest BCUT2D eigenvalue weighted by molar-refractivity contribution is 6.32. The molecule has 5 nitrogen and oxygen atoms in total. The number of hydrogen-bond acceptors (Lipinski definition) is 4. The molecule has 1 aromatic heterocycles. The minimum Gasteiger partial charge on any atom is -0.366 e. The van der Waals surface area contributed by atoms with Gasteiger partial charge < -0.3 is 16.0 Å².